The van der Waals surface area contributed by atoms with Crippen molar-refractivity contribution in [3.05, 3.63) is 0 Å². The van der Waals surface area contributed by atoms with E-state index in [2.05, 4.69) is 41.7 Å². The first kappa shape index (κ1) is 20.8. The highest BCUT2D eigenvalue weighted by atomic mass is 127. The molecule has 0 aromatic carbocycles. The molecule has 0 fully saturated rings. The van der Waals surface area contributed by atoms with E-state index in [0.717, 1.165) is 5.96 Å². The molecule has 0 aliphatic carbocycles. The van der Waals surface area contributed by atoms with Crippen LogP contribution in [0.25, 0.3) is 0 Å². The van der Waals surface area contributed by atoms with Gasteiger partial charge in [-0.1, -0.05) is 13.8 Å². The van der Waals surface area contributed by atoms with Gasteiger partial charge in [-0.15, -0.1) is 24.0 Å². The van der Waals surface area contributed by atoms with Gasteiger partial charge in [0.1, 0.15) is 0 Å². The van der Waals surface area contributed by atoms with Crippen molar-refractivity contribution in [1.82, 2.24) is 16.0 Å². The standard InChI is InChI=1S/C13H28N4O.HI/c1-9(2)11(5)17-13(14-6)15-8-7-12(18)16-10(3)4;/h9-11H,7-8H2,1-6H3,(H,16,18)(H2,14,15,17);1H. The predicted molar refractivity (Wildman–Crippen MR) is 92.1 cm³/mol. The molecule has 0 aliphatic heterocycles. The first-order valence-corrected chi connectivity index (χ1v) is 6.63. The summed E-state index contributed by atoms with van der Waals surface area (Å²) in [5, 5.41) is 9.28. The van der Waals surface area contributed by atoms with Gasteiger partial charge in [-0.25, -0.2) is 0 Å². The summed E-state index contributed by atoms with van der Waals surface area (Å²) in [6.07, 6.45) is 0.453. The topological polar surface area (TPSA) is 65.5 Å². The van der Waals surface area contributed by atoms with Gasteiger partial charge < -0.3 is 16.0 Å². The Balaban J connectivity index is 0. The molecule has 1 amide bonds. The van der Waals surface area contributed by atoms with E-state index in [-0.39, 0.29) is 35.9 Å². The van der Waals surface area contributed by atoms with Gasteiger partial charge in [-0.2, -0.15) is 0 Å². The van der Waals surface area contributed by atoms with Gasteiger partial charge >= 0.3 is 0 Å². The number of nitrogens with one attached hydrogen (secondary N) is 3. The lowest BCUT2D eigenvalue weighted by molar-refractivity contribution is -0.121. The number of carbonyl (C=O) groups is 1. The maximum Gasteiger partial charge on any atom is 0.221 e. The molecular formula is C13H29IN4O. The van der Waals surface area contributed by atoms with Gasteiger partial charge in [0.25, 0.3) is 0 Å². The number of aliphatic imine (C=N–C) groups is 1. The summed E-state index contributed by atoms with van der Waals surface area (Å²) in [4.78, 5) is 15.6. The highest BCUT2D eigenvalue weighted by Gasteiger charge is 2.09. The zero-order chi connectivity index (χ0) is 14.1. The number of halogens is 1. The van der Waals surface area contributed by atoms with Crippen molar-refractivity contribution in [2.75, 3.05) is 13.6 Å². The van der Waals surface area contributed by atoms with Crippen LogP contribution < -0.4 is 16.0 Å². The van der Waals surface area contributed by atoms with Gasteiger partial charge in [-0.3, -0.25) is 9.79 Å². The lowest BCUT2D eigenvalue weighted by atomic mass is 10.1. The summed E-state index contributed by atoms with van der Waals surface area (Å²) in [5.74, 6) is 1.34. The Bertz CT molecular complexity index is 280. The van der Waals surface area contributed by atoms with E-state index >= 15 is 0 Å². The molecule has 0 saturated heterocycles. The minimum absolute atomic E-state index is 0. The van der Waals surface area contributed by atoms with Gasteiger partial charge in [0.05, 0.1) is 0 Å². The molecule has 5 nitrogen and oxygen atoms in total. The van der Waals surface area contributed by atoms with Gasteiger partial charge in [0.2, 0.25) is 5.91 Å². The molecule has 1 unspecified atom stereocenters. The van der Waals surface area contributed by atoms with Gasteiger partial charge in [-0.05, 0) is 26.7 Å². The van der Waals surface area contributed by atoms with Crippen LogP contribution in [0.3, 0.4) is 0 Å². The average Bonchev–Trinajstić information content (AvgIpc) is 2.26. The fourth-order valence-corrected chi connectivity index (χ4v) is 1.27. The van der Waals surface area contributed by atoms with Crippen LogP contribution >= 0.6 is 24.0 Å². The molecule has 0 heterocycles. The Morgan fingerprint density at radius 1 is 1.11 bits per heavy atom. The Kier molecular flexibility index (Phi) is 12.4. The quantitative estimate of drug-likeness (QED) is 0.371. The van der Waals surface area contributed by atoms with Crippen molar-refractivity contribution in [2.24, 2.45) is 10.9 Å². The van der Waals surface area contributed by atoms with Crippen LogP contribution in [0, 0.1) is 5.92 Å². The smallest absolute Gasteiger partial charge is 0.221 e. The summed E-state index contributed by atoms with van der Waals surface area (Å²) < 4.78 is 0. The van der Waals surface area contributed by atoms with E-state index in [0.29, 0.717) is 24.9 Å². The largest absolute Gasteiger partial charge is 0.356 e. The number of hydrogen-bond acceptors (Lipinski definition) is 2. The maximum atomic E-state index is 11.4. The normalized spacial score (nSPS) is 12.9. The van der Waals surface area contributed by atoms with E-state index < -0.39 is 0 Å². The van der Waals surface area contributed by atoms with Crippen LogP contribution in [0.2, 0.25) is 0 Å². The third kappa shape index (κ3) is 11.0. The summed E-state index contributed by atoms with van der Waals surface area (Å²) in [5.41, 5.74) is 0. The molecule has 19 heavy (non-hydrogen) atoms. The predicted octanol–water partition coefficient (Wildman–Crippen LogP) is 1.73. The highest BCUT2D eigenvalue weighted by molar-refractivity contribution is 14.0. The van der Waals surface area contributed by atoms with E-state index in [1.807, 2.05) is 13.8 Å². The molecule has 0 aromatic rings. The average molecular weight is 384 g/mol. The SMILES string of the molecule is CN=C(NCCC(=O)NC(C)C)NC(C)C(C)C.I. The lowest BCUT2D eigenvalue weighted by Gasteiger charge is -2.20. The zero-order valence-corrected chi connectivity index (χ0v) is 15.2. The van der Waals surface area contributed by atoms with Crippen LogP contribution in [-0.2, 0) is 4.79 Å². The van der Waals surface area contributed by atoms with Crippen molar-refractivity contribution in [3.63, 3.8) is 0 Å². The molecule has 6 heteroatoms. The molecule has 0 rings (SSSR count). The lowest BCUT2D eigenvalue weighted by Crippen LogP contribution is -2.45. The zero-order valence-electron chi connectivity index (χ0n) is 12.9. The van der Waals surface area contributed by atoms with Crippen molar-refractivity contribution in [2.45, 2.75) is 53.1 Å². The second-order valence-corrected chi connectivity index (χ2v) is 5.15. The van der Waals surface area contributed by atoms with Crippen LogP contribution in [0.1, 0.15) is 41.0 Å². The monoisotopic (exact) mass is 384 g/mol. The van der Waals surface area contributed by atoms with Crippen molar-refractivity contribution >= 4 is 35.8 Å². The summed E-state index contributed by atoms with van der Waals surface area (Å²) in [6.45, 7) is 10.9. The van der Waals surface area contributed by atoms with Crippen LogP contribution in [0.15, 0.2) is 4.99 Å². The molecule has 0 saturated carbocycles. The molecule has 0 radical (unpaired) electrons. The van der Waals surface area contributed by atoms with Crippen LogP contribution in [0.4, 0.5) is 0 Å². The molecule has 0 bridgehead atoms. The minimum atomic E-state index is 0. The molecule has 3 N–H and O–H groups in total. The number of amides is 1. The minimum Gasteiger partial charge on any atom is -0.356 e. The highest BCUT2D eigenvalue weighted by Crippen LogP contribution is 1.98. The summed E-state index contributed by atoms with van der Waals surface area (Å²) in [7, 11) is 1.73. The van der Waals surface area contributed by atoms with Gasteiger partial charge in [0, 0.05) is 32.1 Å². The van der Waals surface area contributed by atoms with Crippen LogP contribution in [0.5, 0.6) is 0 Å². The third-order valence-electron chi connectivity index (χ3n) is 2.68. The van der Waals surface area contributed by atoms with Crippen molar-refractivity contribution in [3.8, 4) is 0 Å². The first-order valence-electron chi connectivity index (χ1n) is 6.63. The number of carbonyl (C=O) groups excluding carboxylic acids is 1. The number of rotatable bonds is 6. The molecule has 114 valence electrons. The van der Waals surface area contributed by atoms with E-state index in [9.17, 15) is 4.79 Å². The Morgan fingerprint density at radius 2 is 1.68 bits per heavy atom. The Hall–Kier alpha value is -0.530. The number of hydrogen-bond donors (Lipinski definition) is 3. The van der Waals surface area contributed by atoms with Crippen LogP contribution in [-0.4, -0.2) is 37.5 Å². The number of guanidine groups is 1. The fraction of sp³-hybridized carbons (Fsp3) is 0.846. The molecule has 0 aliphatic rings. The molecule has 0 spiro atoms. The molecule has 0 aromatic heterocycles. The van der Waals surface area contributed by atoms with Crippen molar-refractivity contribution in [1.29, 1.82) is 0 Å². The third-order valence-corrected chi connectivity index (χ3v) is 2.68. The first-order chi connectivity index (χ1) is 8.36. The number of nitrogens with zero attached hydrogens (tertiary/aromatic N) is 1. The second-order valence-electron chi connectivity index (χ2n) is 5.15. The second kappa shape index (κ2) is 11.3. The molecular weight excluding hydrogens is 355 g/mol. The summed E-state index contributed by atoms with van der Waals surface area (Å²) >= 11 is 0. The van der Waals surface area contributed by atoms with E-state index in [4.69, 9.17) is 0 Å². The van der Waals surface area contributed by atoms with E-state index in [1.165, 1.54) is 0 Å². The maximum absolute atomic E-state index is 11.4. The Labute approximate surface area is 134 Å². The van der Waals surface area contributed by atoms with E-state index in [1.54, 1.807) is 7.05 Å². The molecule has 1 atom stereocenters. The Morgan fingerprint density at radius 3 is 2.11 bits per heavy atom. The van der Waals surface area contributed by atoms with Crippen molar-refractivity contribution < 1.29 is 4.79 Å². The van der Waals surface area contributed by atoms with Gasteiger partial charge in [0.15, 0.2) is 5.96 Å². The summed E-state index contributed by atoms with van der Waals surface area (Å²) in [6, 6.07) is 0.539. The fourth-order valence-electron chi connectivity index (χ4n) is 1.27.